The second-order valence-electron chi connectivity index (χ2n) is 4.83. The standard InChI is InChI=1S/C14H19N3S/c1-3-7-12(8-4-1)13-11-18-14(15-13)16-17-9-5-2-6-10-17/h1,3-4,7-8,13H,2,5-6,9-11H2,(H,15,16). The predicted octanol–water partition coefficient (Wildman–Crippen LogP) is 2.82. The average Bonchev–Trinajstić information content (AvgIpc) is 2.89. The van der Waals surface area contributed by atoms with Crippen LogP contribution in [0, 0.1) is 0 Å². The van der Waals surface area contributed by atoms with Gasteiger partial charge in [-0.2, -0.15) is 0 Å². The monoisotopic (exact) mass is 261 g/mol. The molecule has 96 valence electrons. The molecule has 0 radical (unpaired) electrons. The van der Waals surface area contributed by atoms with Crippen molar-refractivity contribution in [2.45, 2.75) is 25.3 Å². The van der Waals surface area contributed by atoms with E-state index in [4.69, 9.17) is 4.99 Å². The second-order valence-corrected chi connectivity index (χ2v) is 5.84. The highest BCUT2D eigenvalue weighted by atomic mass is 32.2. The molecule has 0 bridgehead atoms. The molecule has 1 aromatic carbocycles. The summed E-state index contributed by atoms with van der Waals surface area (Å²) in [6, 6.07) is 10.9. The molecule has 0 aromatic heterocycles. The van der Waals surface area contributed by atoms with Gasteiger partial charge in [-0.1, -0.05) is 48.5 Å². The quantitative estimate of drug-likeness (QED) is 0.887. The molecule has 2 heterocycles. The molecule has 2 aliphatic rings. The molecule has 1 fully saturated rings. The van der Waals surface area contributed by atoms with Crippen LogP contribution in [-0.4, -0.2) is 29.0 Å². The zero-order chi connectivity index (χ0) is 12.2. The van der Waals surface area contributed by atoms with Gasteiger partial charge < -0.3 is 0 Å². The van der Waals surface area contributed by atoms with Gasteiger partial charge >= 0.3 is 0 Å². The van der Waals surface area contributed by atoms with Crippen molar-refractivity contribution in [3.63, 3.8) is 0 Å². The van der Waals surface area contributed by atoms with Crippen LogP contribution in [0.3, 0.4) is 0 Å². The van der Waals surface area contributed by atoms with Crippen LogP contribution in [0.15, 0.2) is 35.3 Å². The summed E-state index contributed by atoms with van der Waals surface area (Å²) < 4.78 is 0. The molecule has 1 atom stereocenters. The Hall–Kier alpha value is -1.00. The molecule has 2 aliphatic heterocycles. The lowest BCUT2D eigenvalue weighted by atomic mass is 10.1. The number of hydrogen-bond acceptors (Lipinski definition) is 4. The van der Waals surface area contributed by atoms with Crippen LogP contribution in [0.25, 0.3) is 0 Å². The summed E-state index contributed by atoms with van der Waals surface area (Å²) in [7, 11) is 0. The Balaban J connectivity index is 1.61. The minimum Gasteiger partial charge on any atom is -0.298 e. The summed E-state index contributed by atoms with van der Waals surface area (Å²) in [4.78, 5) is 4.78. The summed E-state index contributed by atoms with van der Waals surface area (Å²) >= 11 is 1.84. The van der Waals surface area contributed by atoms with E-state index in [-0.39, 0.29) is 0 Å². The summed E-state index contributed by atoms with van der Waals surface area (Å²) in [5.74, 6) is 1.06. The van der Waals surface area contributed by atoms with Crippen LogP contribution in [0.1, 0.15) is 30.9 Å². The van der Waals surface area contributed by atoms with E-state index in [1.165, 1.54) is 24.8 Å². The molecule has 3 rings (SSSR count). The van der Waals surface area contributed by atoms with Gasteiger partial charge in [0.2, 0.25) is 0 Å². The maximum absolute atomic E-state index is 4.78. The summed E-state index contributed by atoms with van der Waals surface area (Å²) in [6.07, 6.45) is 3.96. The van der Waals surface area contributed by atoms with E-state index in [0.717, 1.165) is 24.0 Å². The first-order chi connectivity index (χ1) is 8.92. The highest BCUT2D eigenvalue weighted by molar-refractivity contribution is 8.14. The van der Waals surface area contributed by atoms with Crippen molar-refractivity contribution < 1.29 is 0 Å². The van der Waals surface area contributed by atoms with Crippen molar-refractivity contribution in [3.8, 4) is 0 Å². The van der Waals surface area contributed by atoms with E-state index in [1.54, 1.807) is 0 Å². The number of piperidine rings is 1. The lowest BCUT2D eigenvalue weighted by Crippen LogP contribution is -2.43. The lowest BCUT2D eigenvalue weighted by Gasteiger charge is -2.27. The van der Waals surface area contributed by atoms with Crippen LogP contribution < -0.4 is 5.43 Å². The largest absolute Gasteiger partial charge is 0.298 e. The summed E-state index contributed by atoms with van der Waals surface area (Å²) in [5.41, 5.74) is 4.78. The SMILES string of the molecule is c1ccc(C2CSC(NN3CCCCC3)=N2)cc1. The van der Waals surface area contributed by atoms with Crippen molar-refractivity contribution >= 4 is 16.9 Å². The van der Waals surface area contributed by atoms with Crippen molar-refractivity contribution in [1.29, 1.82) is 0 Å². The fourth-order valence-corrected chi connectivity index (χ4v) is 3.40. The fraction of sp³-hybridized carbons (Fsp3) is 0.500. The van der Waals surface area contributed by atoms with E-state index in [9.17, 15) is 0 Å². The minimum absolute atomic E-state index is 0.323. The zero-order valence-electron chi connectivity index (χ0n) is 10.5. The van der Waals surface area contributed by atoms with Gasteiger partial charge in [0, 0.05) is 18.8 Å². The third kappa shape index (κ3) is 2.87. The number of hydrazine groups is 1. The van der Waals surface area contributed by atoms with Gasteiger partial charge in [0.1, 0.15) is 0 Å². The smallest absolute Gasteiger partial charge is 0.171 e. The Morgan fingerprint density at radius 2 is 1.89 bits per heavy atom. The van der Waals surface area contributed by atoms with Crippen LogP contribution in [0.4, 0.5) is 0 Å². The third-order valence-electron chi connectivity index (χ3n) is 3.45. The number of nitrogens with one attached hydrogen (secondary N) is 1. The van der Waals surface area contributed by atoms with E-state index in [1.807, 2.05) is 11.8 Å². The molecule has 0 saturated carbocycles. The maximum atomic E-state index is 4.78. The Kier molecular flexibility index (Phi) is 3.86. The van der Waals surface area contributed by atoms with Crippen molar-refractivity contribution in [2.75, 3.05) is 18.8 Å². The molecule has 1 saturated heterocycles. The molecule has 1 unspecified atom stereocenters. The summed E-state index contributed by atoms with van der Waals surface area (Å²) in [6.45, 7) is 2.30. The van der Waals surface area contributed by atoms with Gasteiger partial charge in [-0.25, -0.2) is 5.01 Å². The molecule has 0 spiro atoms. The van der Waals surface area contributed by atoms with E-state index in [2.05, 4.69) is 40.8 Å². The number of amidine groups is 1. The molecule has 0 aliphatic carbocycles. The Bertz CT molecular complexity index is 412. The van der Waals surface area contributed by atoms with Crippen LogP contribution in [0.5, 0.6) is 0 Å². The normalized spacial score (nSPS) is 24.9. The van der Waals surface area contributed by atoms with E-state index < -0.39 is 0 Å². The van der Waals surface area contributed by atoms with Gasteiger partial charge in [0.05, 0.1) is 6.04 Å². The highest BCUT2D eigenvalue weighted by Crippen LogP contribution is 2.29. The molecule has 1 N–H and O–H groups in total. The fourth-order valence-electron chi connectivity index (χ4n) is 2.42. The second kappa shape index (κ2) is 5.76. The van der Waals surface area contributed by atoms with Crippen LogP contribution >= 0.6 is 11.8 Å². The van der Waals surface area contributed by atoms with Gasteiger partial charge in [-0.05, 0) is 18.4 Å². The Morgan fingerprint density at radius 3 is 2.67 bits per heavy atom. The highest BCUT2D eigenvalue weighted by Gasteiger charge is 2.21. The van der Waals surface area contributed by atoms with Crippen molar-refractivity contribution in [3.05, 3.63) is 35.9 Å². The molecule has 1 aromatic rings. The predicted molar refractivity (Wildman–Crippen MR) is 77.6 cm³/mol. The van der Waals surface area contributed by atoms with Gasteiger partial charge in [-0.15, -0.1) is 0 Å². The number of aliphatic imine (C=N–C) groups is 1. The molecule has 3 nitrogen and oxygen atoms in total. The maximum Gasteiger partial charge on any atom is 0.171 e. The van der Waals surface area contributed by atoms with Gasteiger partial charge in [0.25, 0.3) is 0 Å². The van der Waals surface area contributed by atoms with Gasteiger partial charge in [0.15, 0.2) is 5.17 Å². The van der Waals surface area contributed by atoms with Crippen LogP contribution in [0.2, 0.25) is 0 Å². The summed E-state index contributed by atoms with van der Waals surface area (Å²) in [5, 5.41) is 3.40. The average molecular weight is 261 g/mol. The number of rotatable bonds is 2. The molecule has 4 heteroatoms. The number of nitrogens with zero attached hydrogens (tertiary/aromatic N) is 2. The Labute approximate surface area is 113 Å². The van der Waals surface area contributed by atoms with Crippen molar-refractivity contribution in [1.82, 2.24) is 10.4 Å². The Morgan fingerprint density at radius 1 is 1.11 bits per heavy atom. The lowest BCUT2D eigenvalue weighted by molar-refractivity contribution is 0.196. The topological polar surface area (TPSA) is 27.6 Å². The molecular formula is C14H19N3S. The number of benzene rings is 1. The number of thioether (sulfide) groups is 1. The third-order valence-corrected chi connectivity index (χ3v) is 4.40. The van der Waals surface area contributed by atoms with E-state index >= 15 is 0 Å². The van der Waals surface area contributed by atoms with E-state index in [0.29, 0.717) is 6.04 Å². The molecule has 0 amide bonds. The van der Waals surface area contributed by atoms with Crippen molar-refractivity contribution in [2.24, 2.45) is 4.99 Å². The minimum atomic E-state index is 0.323. The zero-order valence-corrected chi connectivity index (χ0v) is 11.3. The first-order valence-corrected chi connectivity index (χ1v) is 7.67. The first kappa shape index (κ1) is 12.1. The molecule has 18 heavy (non-hydrogen) atoms. The van der Waals surface area contributed by atoms with Crippen LogP contribution in [-0.2, 0) is 0 Å². The van der Waals surface area contributed by atoms with Gasteiger partial charge in [-0.3, -0.25) is 10.4 Å². The molecular weight excluding hydrogens is 242 g/mol. The number of hydrogen-bond donors (Lipinski definition) is 1. The first-order valence-electron chi connectivity index (χ1n) is 6.69.